The Balaban J connectivity index is 1.54. The highest BCUT2D eigenvalue weighted by atomic mass is 16.2. The summed E-state index contributed by atoms with van der Waals surface area (Å²) in [6.45, 7) is 6.07. The summed E-state index contributed by atoms with van der Waals surface area (Å²) in [6, 6.07) is 15.8. The van der Waals surface area contributed by atoms with Gasteiger partial charge in [0, 0.05) is 17.3 Å². The number of primary amides is 1. The monoisotopic (exact) mass is 486 g/mol. The van der Waals surface area contributed by atoms with Crippen molar-refractivity contribution >= 4 is 28.6 Å². The summed E-state index contributed by atoms with van der Waals surface area (Å²) in [4.78, 5) is 37.8. The molecule has 0 aliphatic heterocycles. The largest absolute Gasteiger partial charge is 0.369 e. The van der Waals surface area contributed by atoms with E-state index in [-0.39, 0.29) is 29.5 Å². The number of nitrogens with zero attached hydrogens (tertiary/aromatic N) is 3. The second-order valence-electron chi connectivity index (χ2n) is 10.4. The molecular formula is C27H30N6O3. The van der Waals surface area contributed by atoms with Gasteiger partial charge in [-0.1, -0.05) is 51.1 Å². The highest BCUT2D eigenvalue weighted by Crippen LogP contribution is 2.28. The van der Waals surface area contributed by atoms with Gasteiger partial charge in [0.2, 0.25) is 11.8 Å². The van der Waals surface area contributed by atoms with E-state index in [4.69, 9.17) is 11.0 Å². The molecule has 0 unspecified atom stereocenters. The number of para-hydroxylation sites is 1. The average Bonchev–Trinajstić information content (AvgIpc) is 3.17. The molecule has 4 rings (SSSR count). The molecule has 1 aliphatic rings. The molecule has 1 aromatic heterocycles. The van der Waals surface area contributed by atoms with Crippen LogP contribution in [0.4, 0.5) is 0 Å². The van der Waals surface area contributed by atoms with E-state index in [1.54, 1.807) is 16.8 Å². The molecule has 36 heavy (non-hydrogen) atoms. The summed E-state index contributed by atoms with van der Waals surface area (Å²) in [5, 5.41) is 20.1. The number of rotatable bonds is 7. The maximum Gasteiger partial charge on any atom is 0.273 e. The second-order valence-corrected chi connectivity index (χ2v) is 10.4. The molecule has 2 aromatic carbocycles. The predicted molar refractivity (Wildman–Crippen MR) is 135 cm³/mol. The summed E-state index contributed by atoms with van der Waals surface area (Å²) in [5.41, 5.74) is 7.30. The number of hydrogen-bond donors (Lipinski definition) is 3. The summed E-state index contributed by atoms with van der Waals surface area (Å²) in [7, 11) is 0. The van der Waals surface area contributed by atoms with Crippen molar-refractivity contribution in [2.75, 3.05) is 0 Å². The summed E-state index contributed by atoms with van der Waals surface area (Å²) in [6.07, 6.45) is 1.02. The van der Waals surface area contributed by atoms with E-state index in [1.807, 2.05) is 57.2 Å². The molecular weight excluding hydrogens is 456 g/mol. The van der Waals surface area contributed by atoms with Crippen molar-refractivity contribution in [1.29, 1.82) is 5.26 Å². The molecule has 1 atom stereocenters. The van der Waals surface area contributed by atoms with Crippen LogP contribution >= 0.6 is 0 Å². The van der Waals surface area contributed by atoms with E-state index in [1.165, 1.54) is 0 Å². The van der Waals surface area contributed by atoms with Gasteiger partial charge in [-0.2, -0.15) is 10.4 Å². The number of fused-ring (bicyclic) bond motifs is 1. The second kappa shape index (κ2) is 9.82. The van der Waals surface area contributed by atoms with Crippen molar-refractivity contribution in [2.45, 2.75) is 52.2 Å². The lowest BCUT2D eigenvalue weighted by Crippen LogP contribution is -2.58. The Morgan fingerprint density at radius 1 is 1.14 bits per heavy atom. The highest BCUT2D eigenvalue weighted by molar-refractivity contribution is 6.06. The van der Waals surface area contributed by atoms with Gasteiger partial charge in [0.05, 0.1) is 23.7 Å². The van der Waals surface area contributed by atoms with Crippen molar-refractivity contribution in [2.24, 2.45) is 17.1 Å². The van der Waals surface area contributed by atoms with Gasteiger partial charge in [-0.15, -0.1) is 0 Å². The van der Waals surface area contributed by atoms with Crippen LogP contribution in [-0.4, -0.2) is 39.6 Å². The molecule has 0 bridgehead atoms. The zero-order chi connectivity index (χ0) is 26.0. The van der Waals surface area contributed by atoms with Gasteiger partial charge in [0.25, 0.3) is 5.91 Å². The van der Waals surface area contributed by atoms with Crippen LogP contribution in [0, 0.1) is 22.7 Å². The van der Waals surface area contributed by atoms with E-state index < -0.39 is 17.4 Å². The van der Waals surface area contributed by atoms with Gasteiger partial charge in [-0.25, -0.2) is 0 Å². The quantitative estimate of drug-likeness (QED) is 0.470. The summed E-state index contributed by atoms with van der Waals surface area (Å²) >= 11 is 0. The topological polar surface area (TPSA) is 143 Å². The Kier molecular flexibility index (Phi) is 6.80. The van der Waals surface area contributed by atoms with Crippen molar-refractivity contribution in [3.05, 3.63) is 65.4 Å². The number of benzene rings is 2. The molecule has 186 valence electrons. The number of nitrogens with two attached hydrogens (primary N) is 1. The molecule has 9 heteroatoms. The van der Waals surface area contributed by atoms with Gasteiger partial charge in [-0.3, -0.25) is 19.1 Å². The fraction of sp³-hybridized carbons (Fsp3) is 0.370. The lowest BCUT2D eigenvalue weighted by atomic mass is 9.79. The Hall–Kier alpha value is -4.19. The van der Waals surface area contributed by atoms with Crippen LogP contribution in [0.5, 0.6) is 0 Å². The highest BCUT2D eigenvalue weighted by Gasteiger charge is 2.39. The Morgan fingerprint density at radius 2 is 1.81 bits per heavy atom. The van der Waals surface area contributed by atoms with Crippen LogP contribution in [0.3, 0.4) is 0 Å². The Labute approximate surface area is 209 Å². The maximum absolute atomic E-state index is 13.4. The zero-order valence-electron chi connectivity index (χ0n) is 20.6. The third-order valence-corrected chi connectivity index (χ3v) is 6.58. The Bertz CT molecular complexity index is 1340. The summed E-state index contributed by atoms with van der Waals surface area (Å²) in [5.74, 6) is -1.32. The fourth-order valence-corrected chi connectivity index (χ4v) is 4.40. The van der Waals surface area contributed by atoms with Gasteiger partial charge in [0.15, 0.2) is 5.69 Å². The van der Waals surface area contributed by atoms with Gasteiger partial charge in [0.1, 0.15) is 6.04 Å². The number of carbonyl (C=O) groups is 3. The molecule has 0 radical (unpaired) electrons. The minimum absolute atomic E-state index is 0.135. The van der Waals surface area contributed by atoms with Crippen molar-refractivity contribution in [3.8, 4) is 6.07 Å². The van der Waals surface area contributed by atoms with E-state index in [0.29, 0.717) is 30.3 Å². The number of aromatic nitrogens is 2. The molecule has 1 heterocycles. The molecule has 1 aliphatic carbocycles. The molecule has 0 spiro atoms. The Morgan fingerprint density at radius 3 is 2.42 bits per heavy atom. The third-order valence-electron chi connectivity index (χ3n) is 6.58. The SMILES string of the molecule is CC(C)(C)[C@H](NC(=O)c1nn(Cc2ccc(C#N)cc2)c2ccccc12)C(=O)NC1CC(C(N)=O)C1. The van der Waals surface area contributed by atoms with E-state index in [9.17, 15) is 14.4 Å². The maximum atomic E-state index is 13.4. The first-order valence-corrected chi connectivity index (χ1v) is 11.9. The molecule has 3 aromatic rings. The number of hydrogen-bond acceptors (Lipinski definition) is 5. The van der Waals surface area contributed by atoms with Gasteiger partial charge < -0.3 is 16.4 Å². The third kappa shape index (κ3) is 5.23. The normalized spacial score (nSPS) is 18.1. The van der Waals surface area contributed by atoms with Gasteiger partial charge in [-0.05, 0) is 42.0 Å². The van der Waals surface area contributed by atoms with E-state index in [2.05, 4.69) is 21.8 Å². The van der Waals surface area contributed by atoms with Crippen LogP contribution in [0.1, 0.15) is 55.2 Å². The van der Waals surface area contributed by atoms with Crippen molar-refractivity contribution in [1.82, 2.24) is 20.4 Å². The van der Waals surface area contributed by atoms with Crippen LogP contribution in [0.25, 0.3) is 10.9 Å². The number of nitrogens with one attached hydrogen (secondary N) is 2. The van der Waals surface area contributed by atoms with Crippen LogP contribution in [0.2, 0.25) is 0 Å². The average molecular weight is 487 g/mol. The van der Waals surface area contributed by atoms with Crippen LogP contribution in [-0.2, 0) is 16.1 Å². The zero-order valence-corrected chi connectivity index (χ0v) is 20.6. The van der Waals surface area contributed by atoms with E-state index >= 15 is 0 Å². The summed E-state index contributed by atoms with van der Waals surface area (Å²) < 4.78 is 1.75. The van der Waals surface area contributed by atoms with Crippen molar-refractivity contribution < 1.29 is 14.4 Å². The number of nitriles is 1. The minimum atomic E-state index is -0.805. The molecule has 1 saturated carbocycles. The molecule has 9 nitrogen and oxygen atoms in total. The number of carbonyl (C=O) groups excluding carboxylic acids is 3. The standard InChI is InChI=1S/C27H30N6O3/c1-27(2,3)23(26(36)30-19-12-18(13-19)24(29)34)31-25(35)22-20-6-4-5-7-21(20)33(32-22)15-17-10-8-16(14-28)9-11-17/h4-11,18-19,23H,12-13,15H2,1-3H3,(H2,29,34)(H,30,36)(H,31,35)/t18?,19?,23-/m1/s1. The lowest BCUT2D eigenvalue weighted by molar-refractivity contribution is -0.130. The van der Waals surface area contributed by atoms with E-state index in [0.717, 1.165) is 11.1 Å². The fourth-order valence-electron chi connectivity index (χ4n) is 4.40. The van der Waals surface area contributed by atoms with Crippen LogP contribution in [0.15, 0.2) is 48.5 Å². The first-order chi connectivity index (χ1) is 17.1. The molecule has 1 fully saturated rings. The molecule has 4 N–H and O–H groups in total. The van der Waals surface area contributed by atoms with Crippen molar-refractivity contribution in [3.63, 3.8) is 0 Å². The lowest BCUT2D eigenvalue weighted by Gasteiger charge is -2.37. The van der Waals surface area contributed by atoms with Gasteiger partial charge >= 0.3 is 0 Å². The molecule has 0 saturated heterocycles. The molecule has 3 amide bonds. The smallest absolute Gasteiger partial charge is 0.273 e. The first kappa shape index (κ1) is 24.9. The van der Waals surface area contributed by atoms with Crippen LogP contribution < -0.4 is 16.4 Å². The minimum Gasteiger partial charge on any atom is -0.369 e. The number of amides is 3. The predicted octanol–water partition coefficient (Wildman–Crippen LogP) is 2.48. The first-order valence-electron chi connectivity index (χ1n) is 11.9.